The molecule has 1 saturated heterocycles. The van der Waals surface area contributed by atoms with Crippen LogP contribution in [0, 0.1) is 0 Å². The van der Waals surface area contributed by atoms with Crippen LogP contribution in [0.4, 0.5) is 0 Å². The van der Waals surface area contributed by atoms with Crippen molar-refractivity contribution in [1.29, 1.82) is 0 Å². The number of carbonyl (C=O) groups excluding carboxylic acids is 2. The Morgan fingerprint density at radius 1 is 1.21 bits per heavy atom. The van der Waals surface area contributed by atoms with Crippen molar-refractivity contribution >= 4 is 33.4 Å². The summed E-state index contributed by atoms with van der Waals surface area (Å²) < 4.78 is 32.1. The summed E-state index contributed by atoms with van der Waals surface area (Å²) in [6.07, 6.45) is -0.170. The topological polar surface area (TPSA) is 108 Å². The SMILES string of the molecule is CN(C)CCCNC(=O)C(=O)NC[C@H]1OCCN1S(=O)(=O)c1ccc(Cl)cc1. The maximum absolute atomic E-state index is 12.8. The van der Waals surface area contributed by atoms with Gasteiger partial charge in [0.1, 0.15) is 6.23 Å². The summed E-state index contributed by atoms with van der Waals surface area (Å²) in [7, 11) is 0.0280. The van der Waals surface area contributed by atoms with Crippen LogP contribution in [0.2, 0.25) is 5.02 Å². The summed E-state index contributed by atoms with van der Waals surface area (Å²) >= 11 is 5.80. The molecular formula is C17H25ClN4O5S. The Hall–Kier alpha value is -1.72. The lowest BCUT2D eigenvalue weighted by Crippen LogP contribution is -2.47. The van der Waals surface area contributed by atoms with Crippen molar-refractivity contribution in [2.75, 3.05) is 46.9 Å². The normalized spacial score (nSPS) is 17.6. The van der Waals surface area contributed by atoms with Gasteiger partial charge < -0.3 is 20.3 Å². The van der Waals surface area contributed by atoms with E-state index >= 15 is 0 Å². The molecule has 0 spiro atoms. The quantitative estimate of drug-likeness (QED) is 0.437. The minimum atomic E-state index is -3.81. The van der Waals surface area contributed by atoms with Crippen molar-refractivity contribution in [3.05, 3.63) is 29.3 Å². The molecule has 28 heavy (non-hydrogen) atoms. The number of ether oxygens (including phenoxy) is 1. The van der Waals surface area contributed by atoms with Crippen LogP contribution in [0.15, 0.2) is 29.2 Å². The van der Waals surface area contributed by atoms with Gasteiger partial charge in [0.15, 0.2) is 0 Å². The van der Waals surface area contributed by atoms with Gasteiger partial charge in [0.05, 0.1) is 18.0 Å². The van der Waals surface area contributed by atoms with Gasteiger partial charge in [-0.3, -0.25) is 9.59 Å². The Morgan fingerprint density at radius 3 is 2.50 bits per heavy atom. The fourth-order valence-corrected chi connectivity index (χ4v) is 4.26. The molecule has 0 unspecified atom stereocenters. The average Bonchev–Trinajstić information content (AvgIpc) is 3.12. The lowest BCUT2D eigenvalue weighted by atomic mass is 10.4. The lowest BCUT2D eigenvalue weighted by Gasteiger charge is -2.22. The molecule has 2 amide bonds. The second-order valence-corrected chi connectivity index (χ2v) is 8.84. The summed E-state index contributed by atoms with van der Waals surface area (Å²) in [5.41, 5.74) is 0. The molecule has 11 heteroatoms. The smallest absolute Gasteiger partial charge is 0.309 e. The molecule has 0 aliphatic carbocycles. The minimum Gasteiger partial charge on any atom is -0.359 e. The third-order valence-electron chi connectivity index (χ3n) is 4.07. The summed E-state index contributed by atoms with van der Waals surface area (Å²) in [5, 5.41) is 5.37. The van der Waals surface area contributed by atoms with Crippen LogP contribution in [-0.2, 0) is 24.3 Å². The number of hydrogen-bond donors (Lipinski definition) is 2. The maximum Gasteiger partial charge on any atom is 0.309 e. The number of sulfonamides is 1. The zero-order chi connectivity index (χ0) is 20.7. The minimum absolute atomic E-state index is 0.0809. The Kier molecular flexibility index (Phi) is 8.20. The Bertz CT molecular complexity index is 785. The second-order valence-electron chi connectivity index (χ2n) is 6.52. The Balaban J connectivity index is 1.88. The Morgan fingerprint density at radius 2 is 1.86 bits per heavy atom. The van der Waals surface area contributed by atoms with Gasteiger partial charge in [-0.1, -0.05) is 11.6 Å². The van der Waals surface area contributed by atoms with E-state index in [0.29, 0.717) is 18.0 Å². The number of nitrogens with one attached hydrogen (secondary N) is 2. The molecule has 1 fully saturated rings. The molecule has 9 nitrogen and oxygen atoms in total. The highest BCUT2D eigenvalue weighted by molar-refractivity contribution is 7.89. The first-order chi connectivity index (χ1) is 13.2. The van der Waals surface area contributed by atoms with Crippen molar-refractivity contribution in [3.63, 3.8) is 0 Å². The largest absolute Gasteiger partial charge is 0.359 e. The van der Waals surface area contributed by atoms with Gasteiger partial charge >= 0.3 is 11.8 Å². The molecule has 1 aliphatic rings. The molecule has 1 atom stereocenters. The first-order valence-electron chi connectivity index (χ1n) is 8.81. The van der Waals surface area contributed by atoms with E-state index in [9.17, 15) is 18.0 Å². The van der Waals surface area contributed by atoms with E-state index < -0.39 is 28.1 Å². The molecule has 1 heterocycles. The van der Waals surface area contributed by atoms with E-state index in [1.165, 1.54) is 24.3 Å². The van der Waals surface area contributed by atoms with Crippen LogP contribution >= 0.6 is 11.6 Å². The van der Waals surface area contributed by atoms with Crippen molar-refractivity contribution in [3.8, 4) is 0 Å². The summed E-state index contributed by atoms with van der Waals surface area (Å²) in [5.74, 6) is -1.59. The van der Waals surface area contributed by atoms with E-state index in [2.05, 4.69) is 10.6 Å². The molecule has 156 valence electrons. The van der Waals surface area contributed by atoms with Crippen molar-refractivity contribution in [2.45, 2.75) is 17.5 Å². The molecule has 2 rings (SSSR count). The van der Waals surface area contributed by atoms with E-state index in [4.69, 9.17) is 16.3 Å². The molecule has 1 aromatic rings. The van der Waals surface area contributed by atoms with Gasteiger partial charge in [0.25, 0.3) is 0 Å². The van der Waals surface area contributed by atoms with E-state index in [-0.39, 0.29) is 24.6 Å². The summed E-state index contributed by atoms with van der Waals surface area (Å²) in [6.45, 7) is 1.39. The molecule has 1 aromatic carbocycles. The maximum atomic E-state index is 12.8. The van der Waals surface area contributed by atoms with Crippen molar-refractivity contribution < 1.29 is 22.7 Å². The van der Waals surface area contributed by atoms with Crippen LogP contribution in [-0.4, -0.2) is 82.5 Å². The number of hydrogen-bond acceptors (Lipinski definition) is 6. The van der Waals surface area contributed by atoms with Gasteiger partial charge in [-0.15, -0.1) is 0 Å². The molecule has 0 radical (unpaired) electrons. The number of halogens is 1. The zero-order valence-corrected chi connectivity index (χ0v) is 17.4. The first kappa shape index (κ1) is 22.6. The number of amides is 2. The summed E-state index contributed by atoms with van der Waals surface area (Å²) in [4.78, 5) is 25.8. The highest BCUT2D eigenvalue weighted by atomic mass is 35.5. The molecule has 1 aliphatic heterocycles. The highest BCUT2D eigenvalue weighted by Gasteiger charge is 2.36. The third-order valence-corrected chi connectivity index (χ3v) is 6.23. The standard InChI is InChI=1S/C17H25ClN4O5S/c1-21(2)9-3-8-19-16(23)17(24)20-12-15-22(10-11-27-15)28(25,26)14-6-4-13(18)5-7-14/h4-7,15H,3,8-12H2,1-2H3,(H,19,23)(H,20,24)/t15-/m1/s1. The van der Waals surface area contributed by atoms with Gasteiger partial charge in [-0.05, 0) is 51.3 Å². The second kappa shape index (κ2) is 10.2. The Labute approximate surface area is 170 Å². The van der Waals surface area contributed by atoms with E-state index in [1.54, 1.807) is 0 Å². The van der Waals surface area contributed by atoms with Crippen molar-refractivity contribution in [2.24, 2.45) is 0 Å². The summed E-state index contributed by atoms with van der Waals surface area (Å²) in [6, 6.07) is 5.80. The highest BCUT2D eigenvalue weighted by Crippen LogP contribution is 2.23. The first-order valence-corrected chi connectivity index (χ1v) is 10.6. The molecule has 0 bridgehead atoms. The average molecular weight is 433 g/mol. The van der Waals surface area contributed by atoms with Gasteiger partial charge in [-0.2, -0.15) is 4.31 Å². The van der Waals surface area contributed by atoms with Gasteiger partial charge in [0, 0.05) is 18.1 Å². The van der Waals surface area contributed by atoms with Gasteiger partial charge in [0.2, 0.25) is 10.0 Å². The fourth-order valence-electron chi connectivity index (χ4n) is 2.62. The lowest BCUT2D eigenvalue weighted by molar-refractivity contribution is -0.139. The molecular weight excluding hydrogens is 408 g/mol. The third kappa shape index (κ3) is 6.14. The van der Waals surface area contributed by atoms with Crippen LogP contribution in [0.5, 0.6) is 0 Å². The number of benzene rings is 1. The van der Waals surface area contributed by atoms with Crippen LogP contribution < -0.4 is 10.6 Å². The van der Waals surface area contributed by atoms with Gasteiger partial charge in [-0.25, -0.2) is 8.42 Å². The monoisotopic (exact) mass is 432 g/mol. The molecule has 0 saturated carbocycles. The predicted molar refractivity (Wildman–Crippen MR) is 104 cm³/mol. The van der Waals surface area contributed by atoms with Crippen LogP contribution in [0.25, 0.3) is 0 Å². The van der Waals surface area contributed by atoms with Crippen LogP contribution in [0.1, 0.15) is 6.42 Å². The molecule has 2 N–H and O–H groups in total. The number of carbonyl (C=O) groups is 2. The molecule has 0 aromatic heterocycles. The number of rotatable bonds is 8. The van der Waals surface area contributed by atoms with E-state index in [0.717, 1.165) is 10.8 Å². The van der Waals surface area contributed by atoms with Crippen LogP contribution in [0.3, 0.4) is 0 Å². The predicted octanol–water partition coefficient (Wildman–Crippen LogP) is -0.129. The zero-order valence-electron chi connectivity index (χ0n) is 15.9. The van der Waals surface area contributed by atoms with E-state index in [1.807, 2.05) is 19.0 Å². The number of nitrogens with zero attached hydrogens (tertiary/aromatic N) is 2. The fraction of sp³-hybridized carbons (Fsp3) is 0.529. The van der Waals surface area contributed by atoms with Crippen molar-refractivity contribution in [1.82, 2.24) is 19.8 Å².